The van der Waals surface area contributed by atoms with Crippen molar-refractivity contribution in [1.82, 2.24) is 9.88 Å². The lowest BCUT2D eigenvalue weighted by atomic mass is 10.1. The average molecular weight is 408 g/mol. The van der Waals surface area contributed by atoms with E-state index < -0.39 is 5.97 Å². The van der Waals surface area contributed by atoms with Gasteiger partial charge in [0.2, 0.25) is 0 Å². The predicted octanol–water partition coefficient (Wildman–Crippen LogP) is 2.63. The Kier molecular flexibility index (Phi) is 8.21. The number of ether oxygens (including phenoxy) is 4. The highest BCUT2D eigenvalue weighted by atomic mass is 32.1. The SMILES string of the molecule is COCCCN(Cc1nc(C(=O)OC)cs1)C(=O)c1ccc(OC)cc1OC. The summed E-state index contributed by atoms with van der Waals surface area (Å²) in [6.07, 6.45) is 0.663. The molecule has 9 heteroatoms. The number of rotatable bonds is 10. The summed E-state index contributed by atoms with van der Waals surface area (Å²) >= 11 is 1.30. The normalized spacial score (nSPS) is 10.4. The highest BCUT2D eigenvalue weighted by Crippen LogP contribution is 2.26. The van der Waals surface area contributed by atoms with Gasteiger partial charge in [0.25, 0.3) is 5.91 Å². The smallest absolute Gasteiger partial charge is 0.357 e. The molecule has 0 aliphatic carbocycles. The van der Waals surface area contributed by atoms with Gasteiger partial charge in [-0.1, -0.05) is 0 Å². The lowest BCUT2D eigenvalue weighted by Gasteiger charge is -2.23. The molecule has 0 saturated carbocycles. The number of methoxy groups -OCH3 is 4. The van der Waals surface area contributed by atoms with Crippen molar-refractivity contribution in [3.63, 3.8) is 0 Å². The summed E-state index contributed by atoms with van der Waals surface area (Å²) in [6.45, 7) is 1.25. The van der Waals surface area contributed by atoms with E-state index in [1.807, 2.05) is 0 Å². The molecule has 0 atom stereocenters. The van der Waals surface area contributed by atoms with E-state index in [4.69, 9.17) is 14.2 Å². The zero-order valence-electron chi connectivity index (χ0n) is 16.4. The van der Waals surface area contributed by atoms with Gasteiger partial charge < -0.3 is 23.8 Å². The van der Waals surface area contributed by atoms with E-state index in [0.717, 1.165) is 0 Å². The minimum Gasteiger partial charge on any atom is -0.497 e. The van der Waals surface area contributed by atoms with Crippen molar-refractivity contribution >= 4 is 23.2 Å². The van der Waals surface area contributed by atoms with Gasteiger partial charge in [0.1, 0.15) is 16.5 Å². The molecule has 28 heavy (non-hydrogen) atoms. The van der Waals surface area contributed by atoms with Gasteiger partial charge in [-0.2, -0.15) is 0 Å². The van der Waals surface area contributed by atoms with Gasteiger partial charge >= 0.3 is 5.97 Å². The Bertz CT molecular complexity index is 807. The van der Waals surface area contributed by atoms with Crippen LogP contribution in [0.25, 0.3) is 0 Å². The third-order valence-corrected chi connectivity index (χ3v) is 4.81. The van der Waals surface area contributed by atoms with Crippen LogP contribution in [0, 0.1) is 0 Å². The second kappa shape index (κ2) is 10.6. The fraction of sp³-hybridized carbons (Fsp3) is 0.421. The minimum atomic E-state index is -0.503. The number of nitrogens with zero attached hydrogens (tertiary/aromatic N) is 2. The molecule has 0 fully saturated rings. The van der Waals surface area contributed by atoms with Gasteiger partial charge in [-0.3, -0.25) is 4.79 Å². The highest BCUT2D eigenvalue weighted by molar-refractivity contribution is 7.09. The van der Waals surface area contributed by atoms with Gasteiger partial charge in [0.15, 0.2) is 5.69 Å². The minimum absolute atomic E-state index is 0.203. The molecular formula is C19H24N2O6S. The Labute approximate surface area is 168 Å². The fourth-order valence-corrected chi connectivity index (χ4v) is 3.32. The molecular weight excluding hydrogens is 384 g/mol. The van der Waals surface area contributed by atoms with Crippen molar-refractivity contribution < 1.29 is 28.5 Å². The van der Waals surface area contributed by atoms with Crippen LogP contribution >= 0.6 is 11.3 Å². The van der Waals surface area contributed by atoms with Crippen LogP contribution in [0.2, 0.25) is 0 Å². The number of carbonyl (C=O) groups is 2. The van der Waals surface area contributed by atoms with Gasteiger partial charge in [-0.15, -0.1) is 11.3 Å². The van der Waals surface area contributed by atoms with Crippen molar-refractivity contribution in [2.75, 3.05) is 41.6 Å². The van der Waals surface area contributed by atoms with Crippen LogP contribution in [0.1, 0.15) is 32.3 Å². The van der Waals surface area contributed by atoms with Crippen LogP contribution in [0.5, 0.6) is 11.5 Å². The third-order valence-electron chi connectivity index (χ3n) is 3.98. The first-order valence-corrected chi connectivity index (χ1v) is 9.45. The fourth-order valence-electron chi connectivity index (χ4n) is 2.54. The molecule has 0 bridgehead atoms. The lowest BCUT2D eigenvalue weighted by Crippen LogP contribution is -2.32. The van der Waals surface area contributed by atoms with E-state index in [1.54, 1.807) is 42.7 Å². The summed E-state index contributed by atoms with van der Waals surface area (Å²) in [5.74, 6) is 0.319. The molecule has 0 unspecified atom stereocenters. The van der Waals surface area contributed by atoms with Crippen molar-refractivity contribution in [1.29, 1.82) is 0 Å². The third kappa shape index (κ3) is 5.43. The monoisotopic (exact) mass is 408 g/mol. The van der Waals surface area contributed by atoms with E-state index >= 15 is 0 Å². The molecule has 2 rings (SSSR count). The Morgan fingerprint density at radius 3 is 2.57 bits per heavy atom. The van der Waals surface area contributed by atoms with Crippen LogP contribution in [0.15, 0.2) is 23.6 Å². The lowest BCUT2D eigenvalue weighted by molar-refractivity contribution is 0.0594. The van der Waals surface area contributed by atoms with Crippen LogP contribution in [-0.4, -0.2) is 63.4 Å². The van der Waals surface area contributed by atoms with E-state index in [-0.39, 0.29) is 18.1 Å². The summed E-state index contributed by atoms with van der Waals surface area (Å²) in [6, 6.07) is 5.05. The number of esters is 1. The summed E-state index contributed by atoms with van der Waals surface area (Å²) in [4.78, 5) is 30.7. The number of amides is 1. The van der Waals surface area contributed by atoms with Crippen LogP contribution in [-0.2, 0) is 16.0 Å². The molecule has 1 aromatic heterocycles. The molecule has 1 aromatic carbocycles. The summed E-state index contributed by atoms with van der Waals surface area (Å²) in [7, 11) is 5.97. The molecule has 0 radical (unpaired) electrons. The van der Waals surface area contributed by atoms with Crippen molar-refractivity contribution in [3.8, 4) is 11.5 Å². The first-order chi connectivity index (χ1) is 13.5. The van der Waals surface area contributed by atoms with Crippen molar-refractivity contribution in [3.05, 3.63) is 39.8 Å². The second-order valence-electron chi connectivity index (χ2n) is 5.76. The summed E-state index contributed by atoms with van der Waals surface area (Å²) < 4.78 is 20.3. The molecule has 0 aliphatic heterocycles. The molecule has 0 aliphatic rings. The number of hydrogen-bond acceptors (Lipinski definition) is 8. The molecule has 1 heterocycles. The van der Waals surface area contributed by atoms with Gasteiger partial charge in [0, 0.05) is 31.7 Å². The number of carbonyl (C=O) groups excluding carboxylic acids is 2. The zero-order valence-corrected chi connectivity index (χ0v) is 17.2. The highest BCUT2D eigenvalue weighted by Gasteiger charge is 2.22. The quantitative estimate of drug-likeness (QED) is 0.441. The topological polar surface area (TPSA) is 87.2 Å². The Balaban J connectivity index is 2.25. The predicted molar refractivity (Wildman–Crippen MR) is 104 cm³/mol. The van der Waals surface area contributed by atoms with E-state index in [2.05, 4.69) is 9.72 Å². The number of benzene rings is 1. The molecule has 0 N–H and O–H groups in total. The maximum Gasteiger partial charge on any atom is 0.357 e. The number of thiazole rings is 1. The van der Waals surface area contributed by atoms with Crippen LogP contribution in [0.3, 0.4) is 0 Å². The molecule has 8 nitrogen and oxygen atoms in total. The van der Waals surface area contributed by atoms with Crippen molar-refractivity contribution in [2.24, 2.45) is 0 Å². The Morgan fingerprint density at radius 2 is 1.93 bits per heavy atom. The van der Waals surface area contributed by atoms with E-state index in [1.165, 1.54) is 25.6 Å². The zero-order chi connectivity index (χ0) is 20.5. The standard InChI is InChI=1S/C19H24N2O6S/c1-24-9-5-8-21(11-17-20-15(12-28-17)19(23)27-4)18(22)14-7-6-13(25-2)10-16(14)26-3/h6-7,10,12H,5,8-9,11H2,1-4H3. The molecule has 0 saturated heterocycles. The van der Waals surface area contributed by atoms with Crippen LogP contribution < -0.4 is 9.47 Å². The molecule has 1 amide bonds. The van der Waals surface area contributed by atoms with E-state index in [9.17, 15) is 9.59 Å². The average Bonchev–Trinajstić information content (AvgIpc) is 3.20. The number of hydrogen-bond donors (Lipinski definition) is 0. The Morgan fingerprint density at radius 1 is 1.14 bits per heavy atom. The first kappa shape index (κ1) is 21.6. The molecule has 152 valence electrons. The van der Waals surface area contributed by atoms with Gasteiger partial charge in [-0.05, 0) is 18.6 Å². The summed E-state index contributed by atoms with van der Waals surface area (Å²) in [5, 5.41) is 2.26. The van der Waals surface area contributed by atoms with Crippen molar-refractivity contribution in [2.45, 2.75) is 13.0 Å². The van der Waals surface area contributed by atoms with Gasteiger partial charge in [-0.25, -0.2) is 9.78 Å². The maximum absolute atomic E-state index is 13.2. The maximum atomic E-state index is 13.2. The number of aromatic nitrogens is 1. The molecule has 0 spiro atoms. The Hall–Kier alpha value is -2.65. The van der Waals surface area contributed by atoms with Gasteiger partial charge in [0.05, 0.1) is 33.4 Å². The van der Waals surface area contributed by atoms with E-state index in [0.29, 0.717) is 41.6 Å². The largest absolute Gasteiger partial charge is 0.497 e. The second-order valence-corrected chi connectivity index (χ2v) is 6.70. The van der Waals surface area contributed by atoms with Crippen LogP contribution in [0.4, 0.5) is 0 Å². The first-order valence-electron chi connectivity index (χ1n) is 8.57. The summed E-state index contributed by atoms with van der Waals surface area (Å²) in [5.41, 5.74) is 0.652. The molecule has 2 aromatic rings.